The van der Waals surface area contributed by atoms with Gasteiger partial charge in [-0.05, 0) is 31.3 Å². The summed E-state index contributed by atoms with van der Waals surface area (Å²) in [4.78, 5) is 18.2. The van der Waals surface area contributed by atoms with Crippen LogP contribution in [-0.4, -0.2) is 42.5 Å². The van der Waals surface area contributed by atoms with E-state index in [1.807, 2.05) is 41.8 Å². The highest BCUT2D eigenvalue weighted by Crippen LogP contribution is 2.32. The molecular formula is C20H19N7O2S2. The number of aryl methyl sites for hydroxylation is 1. The third-order valence-corrected chi connectivity index (χ3v) is 5.81. The third-order valence-electron chi connectivity index (χ3n) is 4.43. The summed E-state index contributed by atoms with van der Waals surface area (Å²) in [5.74, 6) is 0.588. The number of anilines is 1. The maximum Gasteiger partial charge on any atom is 0.281 e. The standard InChI is InChI=1S/C20H19N7O2S2/c1-4-10-26-17(23-24-20(26)30)16-12(2)21-19(31-16)22-18(28)15-14(29-3)11-27(25-15)13-8-6-5-7-9-13/h4-9,11H,1,10H2,2-3H3,(H,24,30)(H,21,22,28). The summed E-state index contributed by atoms with van der Waals surface area (Å²) in [5, 5.41) is 14.7. The number of carbonyl (C=O) groups excluding carboxylic acids is 1. The molecule has 158 valence electrons. The number of para-hydroxylation sites is 1. The van der Waals surface area contributed by atoms with Crippen LogP contribution in [0.4, 0.5) is 5.13 Å². The van der Waals surface area contributed by atoms with E-state index in [9.17, 15) is 4.79 Å². The van der Waals surface area contributed by atoms with E-state index < -0.39 is 5.91 Å². The zero-order chi connectivity index (χ0) is 22.0. The molecule has 31 heavy (non-hydrogen) atoms. The van der Waals surface area contributed by atoms with Crippen LogP contribution in [-0.2, 0) is 6.54 Å². The van der Waals surface area contributed by atoms with Gasteiger partial charge >= 0.3 is 0 Å². The van der Waals surface area contributed by atoms with Crippen molar-refractivity contribution in [1.82, 2.24) is 29.5 Å². The van der Waals surface area contributed by atoms with Crippen LogP contribution in [0.25, 0.3) is 16.4 Å². The lowest BCUT2D eigenvalue weighted by Crippen LogP contribution is -2.14. The molecule has 0 saturated carbocycles. The van der Waals surface area contributed by atoms with Gasteiger partial charge in [-0.2, -0.15) is 10.2 Å². The number of benzene rings is 1. The van der Waals surface area contributed by atoms with Crippen molar-refractivity contribution in [2.45, 2.75) is 13.5 Å². The van der Waals surface area contributed by atoms with Gasteiger partial charge in [0.15, 0.2) is 27.2 Å². The van der Waals surface area contributed by atoms with E-state index in [4.69, 9.17) is 17.0 Å². The predicted octanol–water partition coefficient (Wildman–Crippen LogP) is 4.01. The molecule has 0 aliphatic rings. The molecule has 2 N–H and O–H groups in total. The number of aromatic amines is 1. The van der Waals surface area contributed by atoms with Crippen LogP contribution in [0, 0.1) is 11.7 Å². The quantitative estimate of drug-likeness (QED) is 0.324. The Morgan fingerprint density at radius 3 is 2.87 bits per heavy atom. The summed E-state index contributed by atoms with van der Waals surface area (Å²) in [7, 11) is 1.50. The van der Waals surface area contributed by atoms with Crippen LogP contribution in [0.2, 0.25) is 0 Å². The number of allylic oxidation sites excluding steroid dienone is 1. The highest BCUT2D eigenvalue weighted by Gasteiger charge is 2.22. The molecule has 3 aromatic heterocycles. The Hall–Kier alpha value is -3.57. The Bertz CT molecular complexity index is 1300. The predicted molar refractivity (Wildman–Crippen MR) is 122 cm³/mol. The van der Waals surface area contributed by atoms with Crippen LogP contribution in [0.15, 0.2) is 49.2 Å². The number of aromatic nitrogens is 6. The lowest BCUT2D eigenvalue weighted by atomic mass is 10.3. The van der Waals surface area contributed by atoms with Crippen LogP contribution >= 0.6 is 23.6 Å². The van der Waals surface area contributed by atoms with Crippen LogP contribution in [0.3, 0.4) is 0 Å². The lowest BCUT2D eigenvalue weighted by Gasteiger charge is -2.02. The SMILES string of the molecule is C=CCn1c(-c2sc(NC(=O)c3nn(-c4ccccc4)cc3OC)nc2C)n[nH]c1=S. The molecule has 1 amide bonds. The van der Waals surface area contributed by atoms with Gasteiger partial charge in [0.05, 0.1) is 29.6 Å². The van der Waals surface area contributed by atoms with Gasteiger partial charge in [0.25, 0.3) is 5.91 Å². The first-order valence-corrected chi connectivity index (χ1v) is 10.5. The topological polar surface area (TPSA) is 103 Å². The van der Waals surface area contributed by atoms with E-state index in [-0.39, 0.29) is 5.69 Å². The van der Waals surface area contributed by atoms with Crippen molar-refractivity contribution < 1.29 is 9.53 Å². The Kier molecular flexibility index (Phi) is 5.78. The van der Waals surface area contributed by atoms with Gasteiger partial charge < -0.3 is 4.74 Å². The van der Waals surface area contributed by atoms with Crippen LogP contribution in [0.1, 0.15) is 16.2 Å². The maximum absolute atomic E-state index is 12.9. The highest BCUT2D eigenvalue weighted by atomic mass is 32.1. The monoisotopic (exact) mass is 453 g/mol. The Labute approximate surface area is 187 Å². The largest absolute Gasteiger partial charge is 0.493 e. The van der Waals surface area contributed by atoms with Crippen molar-refractivity contribution in [3.63, 3.8) is 0 Å². The molecule has 0 atom stereocenters. The molecule has 9 nitrogen and oxygen atoms in total. The molecule has 0 fully saturated rings. The molecule has 1 aromatic carbocycles. The number of nitrogens with one attached hydrogen (secondary N) is 2. The van der Waals surface area contributed by atoms with Gasteiger partial charge in [-0.25, -0.2) is 9.67 Å². The number of rotatable bonds is 7. The molecule has 0 spiro atoms. The number of thiazole rings is 1. The molecule has 0 aliphatic heterocycles. The number of ether oxygens (including phenoxy) is 1. The van der Waals surface area contributed by atoms with Crippen molar-refractivity contribution >= 4 is 34.6 Å². The van der Waals surface area contributed by atoms with Gasteiger partial charge in [-0.15, -0.1) is 6.58 Å². The van der Waals surface area contributed by atoms with Gasteiger partial charge in [-0.3, -0.25) is 19.8 Å². The molecule has 0 bridgehead atoms. The summed E-state index contributed by atoms with van der Waals surface area (Å²) >= 11 is 6.58. The molecule has 4 aromatic rings. The molecular weight excluding hydrogens is 434 g/mol. The summed E-state index contributed by atoms with van der Waals surface area (Å²) in [6, 6.07) is 9.48. The van der Waals surface area contributed by atoms with E-state index in [1.54, 1.807) is 17.0 Å². The molecule has 11 heteroatoms. The molecule has 0 unspecified atom stereocenters. The van der Waals surface area contributed by atoms with Crippen molar-refractivity contribution in [2.75, 3.05) is 12.4 Å². The fraction of sp³-hybridized carbons (Fsp3) is 0.150. The first kappa shape index (κ1) is 20.7. The zero-order valence-corrected chi connectivity index (χ0v) is 18.5. The second-order valence-corrected chi connectivity index (χ2v) is 7.85. The highest BCUT2D eigenvalue weighted by molar-refractivity contribution is 7.71. The molecule has 0 aliphatic carbocycles. The second-order valence-electron chi connectivity index (χ2n) is 6.47. The summed E-state index contributed by atoms with van der Waals surface area (Å²) in [6.45, 7) is 6.11. The Balaban J connectivity index is 1.62. The minimum atomic E-state index is -0.420. The third kappa shape index (κ3) is 4.05. The van der Waals surface area contributed by atoms with E-state index in [0.29, 0.717) is 28.0 Å². The molecule has 0 saturated heterocycles. The maximum atomic E-state index is 12.9. The molecule has 4 rings (SSSR count). The number of hydrogen-bond acceptors (Lipinski definition) is 7. The smallest absolute Gasteiger partial charge is 0.281 e. The number of carbonyl (C=O) groups is 1. The summed E-state index contributed by atoms with van der Waals surface area (Å²) in [5.41, 5.74) is 1.70. The van der Waals surface area contributed by atoms with Crippen molar-refractivity contribution in [1.29, 1.82) is 0 Å². The van der Waals surface area contributed by atoms with Gasteiger partial charge in [-0.1, -0.05) is 35.6 Å². The van der Waals surface area contributed by atoms with Crippen molar-refractivity contribution in [3.05, 3.63) is 65.3 Å². The fourth-order valence-electron chi connectivity index (χ4n) is 2.98. The van der Waals surface area contributed by atoms with E-state index >= 15 is 0 Å². The number of methoxy groups -OCH3 is 1. The first-order chi connectivity index (χ1) is 15.0. The van der Waals surface area contributed by atoms with Crippen molar-refractivity contribution in [2.24, 2.45) is 0 Å². The molecule has 0 radical (unpaired) electrons. The number of hydrogen-bond donors (Lipinski definition) is 2. The number of nitrogens with zero attached hydrogens (tertiary/aromatic N) is 5. The Morgan fingerprint density at radius 2 is 2.16 bits per heavy atom. The summed E-state index contributed by atoms with van der Waals surface area (Å²) in [6.07, 6.45) is 3.40. The van der Waals surface area contributed by atoms with Crippen molar-refractivity contribution in [3.8, 4) is 22.1 Å². The van der Waals surface area contributed by atoms with Gasteiger partial charge in [0, 0.05) is 6.54 Å². The number of H-pyrrole nitrogens is 1. The Morgan fingerprint density at radius 1 is 1.39 bits per heavy atom. The average molecular weight is 454 g/mol. The van der Waals surface area contributed by atoms with Crippen LogP contribution < -0.4 is 10.1 Å². The first-order valence-electron chi connectivity index (χ1n) is 9.26. The van der Waals surface area contributed by atoms with Gasteiger partial charge in [0.1, 0.15) is 0 Å². The lowest BCUT2D eigenvalue weighted by molar-refractivity contribution is 0.101. The minimum Gasteiger partial charge on any atom is -0.493 e. The van der Waals surface area contributed by atoms with Gasteiger partial charge in [0.2, 0.25) is 0 Å². The second kappa shape index (κ2) is 8.66. The average Bonchev–Trinajstić information content (AvgIpc) is 3.46. The number of amides is 1. The summed E-state index contributed by atoms with van der Waals surface area (Å²) < 4.78 is 9.26. The van der Waals surface area contributed by atoms with E-state index in [2.05, 4.69) is 32.2 Å². The zero-order valence-electron chi connectivity index (χ0n) is 16.8. The fourth-order valence-corrected chi connectivity index (χ4v) is 4.15. The van der Waals surface area contributed by atoms with Crippen LogP contribution in [0.5, 0.6) is 5.75 Å². The minimum absolute atomic E-state index is 0.162. The normalized spacial score (nSPS) is 10.8. The van der Waals surface area contributed by atoms with E-state index in [1.165, 1.54) is 18.4 Å². The molecule has 3 heterocycles. The van der Waals surface area contributed by atoms with E-state index in [0.717, 1.165) is 16.3 Å².